The van der Waals surface area contributed by atoms with Gasteiger partial charge < -0.3 is 9.88 Å². The molecule has 3 heteroatoms. The van der Waals surface area contributed by atoms with Gasteiger partial charge in [-0.25, -0.2) is 0 Å². The van der Waals surface area contributed by atoms with Crippen molar-refractivity contribution in [2.45, 2.75) is 27.2 Å². The zero-order valence-corrected chi connectivity index (χ0v) is 11.9. The van der Waals surface area contributed by atoms with E-state index in [4.69, 9.17) is 0 Å². The first-order valence-electron chi connectivity index (χ1n) is 6.56. The highest BCUT2D eigenvalue weighted by Gasteiger charge is 2.13. The molecular formula is C16H20N2O. The van der Waals surface area contributed by atoms with Gasteiger partial charge in [0.05, 0.1) is 5.56 Å². The third-order valence-corrected chi connectivity index (χ3v) is 3.61. The molecule has 0 unspecified atom stereocenters. The molecule has 0 atom stereocenters. The Hall–Kier alpha value is -2.03. The molecule has 0 aliphatic heterocycles. The van der Waals surface area contributed by atoms with Crippen molar-refractivity contribution in [1.82, 2.24) is 4.57 Å². The number of nitrogens with zero attached hydrogens (tertiary/aromatic N) is 1. The summed E-state index contributed by atoms with van der Waals surface area (Å²) >= 11 is 0. The molecule has 0 fully saturated rings. The molecule has 0 saturated heterocycles. The van der Waals surface area contributed by atoms with Gasteiger partial charge >= 0.3 is 0 Å². The van der Waals surface area contributed by atoms with Crippen LogP contribution in [0.1, 0.15) is 34.2 Å². The summed E-state index contributed by atoms with van der Waals surface area (Å²) < 4.78 is 2.03. The Bertz CT molecular complexity index is 611. The maximum absolute atomic E-state index is 12.3. The van der Waals surface area contributed by atoms with Crippen molar-refractivity contribution >= 4 is 11.6 Å². The molecule has 1 amide bonds. The number of nitrogens with one attached hydrogen (secondary N) is 1. The Balaban J connectivity index is 2.23. The molecule has 0 aliphatic rings. The zero-order valence-electron chi connectivity index (χ0n) is 11.9. The average Bonchev–Trinajstić information content (AvgIpc) is 2.67. The molecule has 0 aliphatic carbocycles. The van der Waals surface area contributed by atoms with Gasteiger partial charge in [-0.05, 0) is 44.0 Å². The number of rotatable bonds is 3. The molecular weight excluding hydrogens is 236 g/mol. The van der Waals surface area contributed by atoms with Crippen LogP contribution in [0.3, 0.4) is 0 Å². The van der Waals surface area contributed by atoms with E-state index in [9.17, 15) is 4.79 Å². The van der Waals surface area contributed by atoms with Crippen LogP contribution in [0, 0.1) is 13.8 Å². The van der Waals surface area contributed by atoms with Gasteiger partial charge in [0.2, 0.25) is 0 Å². The number of carbonyl (C=O) groups is 1. The van der Waals surface area contributed by atoms with Crippen molar-refractivity contribution in [2.75, 3.05) is 5.32 Å². The Kier molecular flexibility index (Phi) is 3.74. The molecule has 2 rings (SSSR count). The molecule has 19 heavy (non-hydrogen) atoms. The average molecular weight is 256 g/mol. The van der Waals surface area contributed by atoms with Crippen LogP contribution in [0.25, 0.3) is 0 Å². The SMILES string of the molecule is CCc1cccc(NC(=O)c2cc(C)n(C)c2C)c1. The molecule has 3 nitrogen and oxygen atoms in total. The van der Waals surface area contributed by atoms with Crippen LogP contribution < -0.4 is 5.32 Å². The number of carbonyl (C=O) groups excluding carboxylic acids is 1. The van der Waals surface area contributed by atoms with Crippen molar-refractivity contribution in [2.24, 2.45) is 7.05 Å². The van der Waals surface area contributed by atoms with Crippen LogP contribution in [0.2, 0.25) is 0 Å². The minimum Gasteiger partial charge on any atom is -0.351 e. The lowest BCUT2D eigenvalue weighted by atomic mass is 10.1. The number of hydrogen-bond acceptors (Lipinski definition) is 1. The summed E-state index contributed by atoms with van der Waals surface area (Å²) in [6.45, 7) is 6.07. The Morgan fingerprint density at radius 3 is 2.58 bits per heavy atom. The summed E-state index contributed by atoms with van der Waals surface area (Å²) in [5.41, 5.74) is 4.89. The summed E-state index contributed by atoms with van der Waals surface area (Å²) in [6.07, 6.45) is 0.965. The van der Waals surface area contributed by atoms with E-state index in [0.717, 1.165) is 29.1 Å². The second kappa shape index (κ2) is 5.31. The third kappa shape index (κ3) is 2.70. The minimum atomic E-state index is -0.0468. The number of aryl methyl sites for hydroxylation is 2. The second-order valence-electron chi connectivity index (χ2n) is 4.85. The Labute approximate surface area is 114 Å². The fourth-order valence-corrected chi connectivity index (χ4v) is 2.15. The van der Waals surface area contributed by atoms with Gasteiger partial charge in [-0.3, -0.25) is 4.79 Å². The molecule has 2 aromatic rings. The Morgan fingerprint density at radius 2 is 2.00 bits per heavy atom. The fourth-order valence-electron chi connectivity index (χ4n) is 2.15. The van der Waals surface area contributed by atoms with Gasteiger partial charge in [0.25, 0.3) is 5.91 Å². The quantitative estimate of drug-likeness (QED) is 0.896. The maximum atomic E-state index is 12.3. The van der Waals surface area contributed by atoms with E-state index in [1.54, 1.807) is 0 Å². The standard InChI is InChI=1S/C16H20N2O/c1-5-13-7-6-8-14(10-13)17-16(19)15-9-11(2)18(4)12(15)3/h6-10H,5H2,1-4H3,(H,17,19). The summed E-state index contributed by atoms with van der Waals surface area (Å²) in [5.74, 6) is -0.0468. The van der Waals surface area contributed by atoms with Crippen LogP contribution >= 0.6 is 0 Å². The van der Waals surface area contributed by atoms with Crippen LogP contribution in [0.15, 0.2) is 30.3 Å². The monoisotopic (exact) mass is 256 g/mol. The molecule has 1 aromatic carbocycles. The van der Waals surface area contributed by atoms with Gasteiger partial charge in [0.15, 0.2) is 0 Å². The minimum absolute atomic E-state index is 0.0468. The highest BCUT2D eigenvalue weighted by Crippen LogP contribution is 2.17. The number of benzene rings is 1. The zero-order chi connectivity index (χ0) is 14.0. The highest BCUT2D eigenvalue weighted by molar-refractivity contribution is 6.05. The van der Waals surface area contributed by atoms with Gasteiger partial charge in [-0.15, -0.1) is 0 Å². The first kappa shape index (κ1) is 13.4. The summed E-state index contributed by atoms with van der Waals surface area (Å²) in [7, 11) is 1.97. The van der Waals surface area contributed by atoms with E-state index in [-0.39, 0.29) is 5.91 Å². The maximum Gasteiger partial charge on any atom is 0.257 e. The molecule has 0 radical (unpaired) electrons. The van der Waals surface area contributed by atoms with E-state index in [1.807, 2.05) is 49.7 Å². The van der Waals surface area contributed by atoms with Crippen LogP contribution in [-0.4, -0.2) is 10.5 Å². The smallest absolute Gasteiger partial charge is 0.257 e. The van der Waals surface area contributed by atoms with E-state index in [2.05, 4.69) is 18.3 Å². The molecule has 0 spiro atoms. The summed E-state index contributed by atoms with van der Waals surface area (Å²) in [6, 6.07) is 9.89. The third-order valence-electron chi connectivity index (χ3n) is 3.61. The lowest BCUT2D eigenvalue weighted by Gasteiger charge is -2.07. The summed E-state index contributed by atoms with van der Waals surface area (Å²) in [5, 5.41) is 2.96. The van der Waals surface area contributed by atoms with Crippen molar-refractivity contribution in [3.05, 3.63) is 52.8 Å². The predicted molar refractivity (Wildman–Crippen MR) is 78.7 cm³/mol. The first-order valence-corrected chi connectivity index (χ1v) is 6.56. The van der Waals surface area contributed by atoms with Gasteiger partial charge in [-0.1, -0.05) is 19.1 Å². The van der Waals surface area contributed by atoms with Crippen LogP contribution in [0.5, 0.6) is 0 Å². The molecule has 0 bridgehead atoms. The largest absolute Gasteiger partial charge is 0.351 e. The van der Waals surface area contributed by atoms with Crippen LogP contribution in [-0.2, 0) is 13.5 Å². The number of hydrogen-bond donors (Lipinski definition) is 1. The highest BCUT2D eigenvalue weighted by atomic mass is 16.1. The van der Waals surface area contributed by atoms with Gasteiger partial charge in [0.1, 0.15) is 0 Å². The molecule has 1 heterocycles. The number of aromatic nitrogens is 1. The number of amides is 1. The lowest BCUT2D eigenvalue weighted by Crippen LogP contribution is -2.13. The van der Waals surface area contributed by atoms with Crippen molar-refractivity contribution in [3.8, 4) is 0 Å². The molecule has 0 saturated carbocycles. The predicted octanol–water partition coefficient (Wildman–Crippen LogP) is 3.46. The van der Waals surface area contributed by atoms with Gasteiger partial charge in [0, 0.05) is 24.1 Å². The van der Waals surface area contributed by atoms with E-state index >= 15 is 0 Å². The molecule has 100 valence electrons. The summed E-state index contributed by atoms with van der Waals surface area (Å²) in [4.78, 5) is 12.3. The van der Waals surface area contributed by atoms with E-state index in [0.29, 0.717) is 0 Å². The topological polar surface area (TPSA) is 34.0 Å². The van der Waals surface area contributed by atoms with E-state index in [1.165, 1.54) is 5.56 Å². The van der Waals surface area contributed by atoms with E-state index < -0.39 is 0 Å². The van der Waals surface area contributed by atoms with Crippen molar-refractivity contribution in [3.63, 3.8) is 0 Å². The van der Waals surface area contributed by atoms with Crippen LogP contribution in [0.4, 0.5) is 5.69 Å². The van der Waals surface area contributed by atoms with Crippen molar-refractivity contribution < 1.29 is 4.79 Å². The second-order valence-corrected chi connectivity index (χ2v) is 4.85. The normalized spacial score (nSPS) is 10.5. The Morgan fingerprint density at radius 1 is 1.26 bits per heavy atom. The van der Waals surface area contributed by atoms with Crippen molar-refractivity contribution in [1.29, 1.82) is 0 Å². The first-order chi connectivity index (χ1) is 9.02. The fraction of sp³-hybridized carbons (Fsp3) is 0.312. The molecule has 1 N–H and O–H groups in total. The van der Waals surface area contributed by atoms with Gasteiger partial charge in [-0.2, -0.15) is 0 Å². The lowest BCUT2D eigenvalue weighted by molar-refractivity contribution is 0.102. The number of anilines is 1. The molecule has 1 aromatic heterocycles.